The van der Waals surface area contributed by atoms with E-state index in [1.165, 1.54) is 5.57 Å². The Morgan fingerprint density at radius 2 is 1.77 bits per heavy atom. The number of fused-ring (bicyclic) bond motifs is 5. The van der Waals surface area contributed by atoms with Gasteiger partial charge in [0.25, 0.3) is 0 Å². The van der Waals surface area contributed by atoms with E-state index in [4.69, 9.17) is 4.74 Å². The quantitative estimate of drug-likeness (QED) is 0.589. The molecule has 0 aliphatic heterocycles. The summed E-state index contributed by atoms with van der Waals surface area (Å²) in [5, 5.41) is 0. The predicted octanol–water partition coefficient (Wildman–Crippen LogP) is 5.29. The second kappa shape index (κ2) is 7.31. The molecule has 3 saturated carbocycles. The number of rotatable bonds is 3. The molecule has 166 valence electrons. The molecule has 0 spiro atoms. The summed E-state index contributed by atoms with van der Waals surface area (Å²) in [6.45, 7) is 10.1. The Kier molecular flexibility index (Phi) is 5.30. The van der Waals surface area contributed by atoms with Crippen molar-refractivity contribution >= 4 is 17.5 Å². The zero-order valence-corrected chi connectivity index (χ0v) is 19.4. The van der Waals surface area contributed by atoms with Gasteiger partial charge in [-0.3, -0.25) is 14.4 Å². The van der Waals surface area contributed by atoms with Crippen LogP contribution in [-0.4, -0.2) is 24.1 Å². The minimum atomic E-state index is -0.579. The van der Waals surface area contributed by atoms with Crippen LogP contribution in [0.1, 0.15) is 86.0 Å². The summed E-state index contributed by atoms with van der Waals surface area (Å²) in [4.78, 5) is 37.2. The zero-order valence-electron chi connectivity index (χ0n) is 19.4. The van der Waals surface area contributed by atoms with Gasteiger partial charge in [-0.05, 0) is 100 Å². The lowest BCUT2D eigenvalue weighted by atomic mass is 9.46. The van der Waals surface area contributed by atoms with E-state index in [-0.39, 0.29) is 35.1 Å². The SMILES string of the molecule is CC(C)(C)C(=O)OCC(=O)[C@H]1CC[C@H]2[C@H]3CCC4=CC(=O)CC[C@@]4(C)[C@H]3CC[C@@]12C. The second-order valence-corrected chi connectivity index (χ2v) is 11.9. The molecule has 3 fully saturated rings. The number of carbonyl (C=O) groups is 3. The van der Waals surface area contributed by atoms with Crippen LogP contribution in [0, 0.1) is 39.9 Å². The molecule has 6 atom stereocenters. The lowest BCUT2D eigenvalue weighted by Gasteiger charge is -2.58. The monoisotopic (exact) mass is 414 g/mol. The van der Waals surface area contributed by atoms with Crippen LogP contribution in [0.4, 0.5) is 0 Å². The van der Waals surface area contributed by atoms with Crippen molar-refractivity contribution in [2.24, 2.45) is 39.9 Å². The molecule has 4 aliphatic rings. The minimum absolute atomic E-state index is 0.00824. The van der Waals surface area contributed by atoms with Gasteiger partial charge in [-0.25, -0.2) is 0 Å². The molecule has 30 heavy (non-hydrogen) atoms. The second-order valence-electron chi connectivity index (χ2n) is 11.9. The van der Waals surface area contributed by atoms with E-state index in [1.54, 1.807) is 0 Å². The van der Waals surface area contributed by atoms with Gasteiger partial charge in [0.05, 0.1) is 5.41 Å². The number of ketones is 2. The summed E-state index contributed by atoms with van der Waals surface area (Å²) >= 11 is 0. The third-order valence-corrected chi connectivity index (χ3v) is 9.31. The number of ether oxygens (including phenoxy) is 1. The first-order chi connectivity index (χ1) is 14.0. The molecule has 0 aromatic rings. The molecular weight excluding hydrogens is 376 g/mol. The Hall–Kier alpha value is -1.45. The minimum Gasteiger partial charge on any atom is -0.457 e. The van der Waals surface area contributed by atoms with E-state index >= 15 is 0 Å². The Morgan fingerprint density at radius 1 is 1.03 bits per heavy atom. The Bertz CT molecular complexity index is 787. The molecule has 0 aromatic carbocycles. The molecule has 4 nitrogen and oxygen atoms in total. The maximum absolute atomic E-state index is 13.1. The molecule has 0 unspecified atom stereocenters. The fraction of sp³-hybridized carbons (Fsp3) is 0.808. The summed E-state index contributed by atoms with van der Waals surface area (Å²) in [6.07, 6.45) is 10.1. The average Bonchev–Trinajstić information content (AvgIpc) is 3.03. The van der Waals surface area contributed by atoms with Gasteiger partial charge in [0.1, 0.15) is 6.61 Å². The summed E-state index contributed by atoms with van der Waals surface area (Å²) in [7, 11) is 0. The van der Waals surface area contributed by atoms with E-state index in [0.29, 0.717) is 30.0 Å². The van der Waals surface area contributed by atoms with Crippen molar-refractivity contribution in [2.45, 2.75) is 86.0 Å². The fourth-order valence-electron chi connectivity index (χ4n) is 7.54. The van der Waals surface area contributed by atoms with Gasteiger partial charge in [-0.2, -0.15) is 0 Å². The number of hydrogen-bond donors (Lipinski definition) is 0. The van der Waals surface area contributed by atoms with Crippen molar-refractivity contribution in [3.8, 4) is 0 Å². The van der Waals surface area contributed by atoms with Crippen LogP contribution in [0.25, 0.3) is 0 Å². The lowest BCUT2D eigenvalue weighted by Crippen LogP contribution is -2.51. The highest BCUT2D eigenvalue weighted by Crippen LogP contribution is 2.66. The maximum Gasteiger partial charge on any atom is 0.311 e. The maximum atomic E-state index is 13.1. The Morgan fingerprint density at radius 3 is 2.47 bits per heavy atom. The zero-order chi connectivity index (χ0) is 21.9. The molecule has 0 amide bonds. The van der Waals surface area contributed by atoms with Crippen molar-refractivity contribution in [3.05, 3.63) is 11.6 Å². The first kappa shape index (κ1) is 21.8. The van der Waals surface area contributed by atoms with Crippen LogP contribution in [0.3, 0.4) is 0 Å². The largest absolute Gasteiger partial charge is 0.457 e. The third-order valence-electron chi connectivity index (χ3n) is 9.31. The number of esters is 1. The molecule has 0 bridgehead atoms. The van der Waals surface area contributed by atoms with Crippen molar-refractivity contribution in [1.29, 1.82) is 0 Å². The van der Waals surface area contributed by atoms with Crippen molar-refractivity contribution in [2.75, 3.05) is 6.61 Å². The Labute approximate surface area is 181 Å². The van der Waals surface area contributed by atoms with Gasteiger partial charge in [-0.1, -0.05) is 19.4 Å². The summed E-state index contributed by atoms with van der Waals surface area (Å²) in [6, 6.07) is 0. The molecule has 0 N–H and O–H groups in total. The third kappa shape index (κ3) is 3.39. The number of carbonyl (C=O) groups excluding carboxylic acids is 3. The first-order valence-corrected chi connectivity index (χ1v) is 11.9. The van der Waals surface area contributed by atoms with Gasteiger partial charge in [0.2, 0.25) is 0 Å². The van der Waals surface area contributed by atoms with Crippen LogP contribution in [0.15, 0.2) is 11.6 Å². The topological polar surface area (TPSA) is 60.4 Å². The van der Waals surface area contributed by atoms with E-state index in [2.05, 4.69) is 13.8 Å². The Balaban J connectivity index is 1.49. The van der Waals surface area contributed by atoms with E-state index < -0.39 is 5.41 Å². The standard InChI is InChI=1S/C26H38O4/c1-24(2,3)23(29)30-15-22(28)21-9-8-19-18-7-6-16-14-17(27)10-12-25(16,4)20(18)11-13-26(19,21)5/h14,18-21H,6-13,15H2,1-5H3/t18-,19+,20+,21-,25-,26-/m1/s1. The van der Waals surface area contributed by atoms with Gasteiger partial charge in [0.15, 0.2) is 11.6 Å². The molecule has 0 radical (unpaired) electrons. The molecule has 4 heteroatoms. The predicted molar refractivity (Wildman–Crippen MR) is 116 cm³/mol. The van der Waals surface area contributed by atoms with E-state index in [9.17, 15) is 14.4 Å². The van der Waals surface area contributed by atoms with Crippen LogP contribution in [0.5, 0.6) is 0 Å². The van der Waals surface area contributed by atoms with Gasteiger partial charge < -0.3 is 4.74 Å². The summed E-state index contributed by atoms with van der Waals surface area (Å²) < 4.78 is 5.38. The van der Waals surface area contributed by atoms with Crippen LogP contribution in [-0.2, 0) is 19.1 Å². The molecular formula is C26H38O4. The fourth-order valence-corrected chi connectivity index (χ4v) is 7.54. The van der Waals surface area contributed by atoms with Crippen molar-refractivity contribution in [1.82, 2.24) is 0 Å². The van der Waals surface area contributed by atoms with Gasteiger partial charge in [-0.15, -0.1) is 0 Å². The number of allylic oxidation sites excluding steroid dienone is 1. The van der Waals surface area contributed by atoms with Crippen molar-refractivity contribution < 1.29 is 19.1 Å². The molecule has 4 rings (SSSR count). The van der Waals surface area contributed by atoms with Crippen LogP contribution < -0.4 is 0 Å². The smallest absolute Gasteiger partial charge is 0.311 e. The van der Waals surface area contributed by atoms with Crippen LogP contribution >= 0.6 is 0 Å². The molecule has 0 saturated heterocycles. The van der Waals surface area contributed by atoms with E-state index in [1.807, 2.05) is 26.8 Å². The van der Waals surface area contributed by atoms with Gasteiger partial charge >= 0.3 is 5.97 Å². The highest BCUT2D eigenvalue weighted by molar-refractivity contribution is 5.91. The molecule has 0 heterocycles. The lowest BCUT2D eigenvalue weighted by molar-refractivity contribution is -0.158. The summed E-state index contributed by atoms with van der Waals surface area (Å²) in [5.74, 6) is 1.98. The first-order valence-electron chi connectivity index (χ1n) is 11.9. The summed E-state index contributed by atoms with van der Waals surface area (Å²) in [5.41, 5.74) is 1.00. The number of hydrogen-bond acceptors (Lipinski definition) is 4. The van der Waals surface area contributed by atoms with Crippen LogP contribution in [0.2, 0.25) is 0 Å². The van der Waals surface area contributed by atoms with E-state index in [0.717, 1.165) is 44.9 Å². The molecule has 0 aromatic heterocycles. The number of Topliss-reactive ketones (excluding diaryl/α,β-unsaturated/α-hetero) is 1. The molecule has 4 aliphatic carbocycles. The average molecular weight is 415 g/mol. The highest BCUT2D eigenvalue weighted by Gasteiger charge is 2.60. The van der Waals surface area contributed by atoms with Crippen molar-refractivity contribution in [3.63, 3.8) is 0 Å². The highest BCUT2D eigenvalue weighted by atomic mass is 16.5. The normalized spacial score (nSPS) is 40.7. The van der Waals surface area contributed by atoms with Gasteiger partial charge in [0, 0.05) is 12.3 Å².